The van der Waals surface area contributed by atoms with Crippen molar-refractivity contribution in [1.29, 1.82) is 0 Å². The lowest BCUT2D eigenvalue weighted by Crippen LogP contribution is -2.32. The van der Waals surface area contributed by atoms with E-state index in [2.05, 4.69) is 15.9 Å². The molecule has 7 rings (SSSR count). The van der Waals surface area contributed by atoms with Gasteiger partial charge in [0.15, 0.2) is 6.61 Å². The number of pyridine rings is 1. The van der Waals surface area contributed by atoms with E-state index in [0.717, 1.165) is 25.3 Å². The summed E-state index contributed by atoms with van der Waals surface area (Å²) < 4.78 is 5.93. The molecule has 2 amide bonds. The number of esters is 1. The van der Waals surface area contributed by atoms with E-state index in [1.807, 2.05) is 0 Å². The number of carbonyl (C=O) groups is 4. The van der Waals surface area contributed by atoms with Crippen molar-refractivity contribution in [3.05, 3.63) is 95.9 Å². The molecule has 1 saturated heterocycles. The lowest BCUT2D eigenvalue weighted by atomic mass is 9.81. The number of nitrogens with zero attached hydrogens (tertiary/aromatic N) is 3. The lowest BCUT2D eigenvalue weighted by molar-refractivity contribution is -0.384. The first-order valence-corrected chi connectivity index (χ1v) is 16.4. The van der Waals surface area contributed by atoms with Gasteiger partial charge in [0.2, 0.25) is 17.6 Å². The van der Waals surface area contributed by atoms with Gasteiger partial charge in [-0.2, -0.15) is 0 Å². The zero-order chi connectivity index (χ0) is 33.3. The van der Waals surface area contributed by atoms with Gasteiger partial charge in [-0.05, 0) is 95.9 Å². The smallest absolute Gasteiger partial charge is 0.339 e. The third kappa shape index (κ3) is 5.21. The largest absolute Gasteiger partial charge is 0.454 e. The molecule has 0 radical (unpaired) electrons. The van der Waals surface area contributed by atoms with Crippen LogP contribution in [0.15, 0.2) is 59.1 Å². The van der Waals surface area contributed by atoms with Gasteiger partial charge in [-0.1, -0.05) is 35.3 Å². The molecule has 0 spiro atoms. The van der Waals surface area contributed by atoms with Crippen LogP contribution < -0.4 is 4.90 Å². The van der Waals surface area contributed by atoms with E-state index >= 15 is 0 Å². The first-order valence-electron chi connectivity index (χ1n) is 14.9. The minimum atomic E-state index is -0.824. The van der Waals surface area contributed by atoms with Crippen molar-refractivity contribution in [3.8, 4) is 11.3 Å². The van der Waals surface area contributed by atoms with E-state index in [4.69, 9.17) is 32.9 Å². The first-order chi connectivity index (χ1) is 22.4. The van der Waals surface area contributed by atoms with Gasteiger partial charge >= 0.3 is 5.97 Å². The molecule has 10 nitrogen and oxygen atoms in total. The second-order valence-corrected chi connectivity index (χ2v) is 13.8. The lowest BCUT2D eigenvalue weighted by Gasteiger charge is -2.19. The molecule has 47 heavy (non-hydrogen) atoms. The van der Waals surface area contributed by atoms with Gasteiger partial charge < -0.3 is 4.74 Å². The van der Waals surface area contributed by atoms with Crippen molar-refractivity contribution in [1.82, 2.24) is 4.98 Å². The highest BCUT2D eigenvalue weighted by Crippen LogP contribution is 2.56. The van der Waals surface area contributed by atoms with Crippen LogP contribution in [-0.2, 0) is 14.3 Å². The number of nitro groups is 1. The number of halogens is 3. The van der Waals surface area contributed by atoms with Crippen molar-refractivity contribution < 1.29 is 28.8 Å². The van der Waals surface area contributed by atoms with Crippen molar-refractivity contribution in [3.63, 3.8) is 0 Å². The molecule has 2 heterocycles. The fourth-order valence-electron chi connectivity index (χ4n) is 7.34. The Morgan fingerprint density at radius 1 is 1.02 bits per heavy atom. The second kappa shape index (κ2) is 11.8. The highest BCUT2D eigenvalue weighted by molar-refractivity contribution is 9.10. The van der Waals surface area contributed by atoms with E-state index in [1.54, 1.807) is 37.3 Å². The average Bonchev–Trinajstić information content (AvgIpc) is 3.75. The van der Waals surface area contributed by atoms with Crippen LogP contribution in [0.5, 0.6) is 0 Å². The Labute approximate surface area is 286 Å². The number of carbonyl (C=O) groups excluding carboxylic acids is 4. The van der Waals surface area contributed by atoms with Crippen LogP contribution in [0.4, 0.5) is 11.4 Å². The highest BCUT2D eigenvalue weighted by atomic mass is 79.9. The van der Waals surface area contributed by atoms with Crippen molar-refractivity contribution in [2.24, 2.45) is 23.7 Å². The van der Waals surface area contributed by atoms with Gasteiger partial charge in [0.25, 0.3) is 5.69 Å². The van der Waals surface area contributed by atoms with Crippen molar-refractivity contribution >= 4 is 85.0 Å². The van der Waals surface area contributed by atoms with Crippen LogP contribution in [0, 0.1) is 40.7 Å². The van der Waals surface area contributed by atoms with Crippen LogP contribution in [-0.4, -0.2) is 40.1 Å². The quantitative estimate of drug-likeness (QED) is 0.0617. The Morgan fingerprint density at radius 3 is 2.32 bits per heavy atom. The van der Waals surface area contributed by atoms with Gasteiger partial charge in [-0.15, -0.1) is 0 Å². The molecule has 238 valence electrons. The zero-order valence-corrected chi connectivity index (χ0v) is 27.8. The predicted molar refractivity (Wildman–Crippen MR) is 178 cm³/mol. The van der Waals surface area contributed by atoms with Crippen LogP contribution in [0.2, 0.25) is 10.0 Å². The maximum Gasteiger partial charge on any atom is 0.339 e. The first kappa shape index (κ1) is 31.4. The molecule has 1 aromatic heterocycles. The summed E-state index contributed by atoms with van der Waals surface area (Å²) in [4.78, 5) is 69.7. The number of rotatable bonds is 7. The molecule has 4 atom stereocenters. The number of benzene rings is 3. The third-order valence-electron chi connectivity index (χ3n) is 9.59. The third-order valence-corrected chi connectivity index (χ3v) is 11.3. The minimum Gasteiger partial charge on any atom is -0.454 e. The van der Waals surface area contributed by atoms with E-state index in [9.17, 15) is 29.3 Å². The topological polar surface area (TPSA) is 137 Å². The molecule has 2 bridgehead atoms. The Balaban J connectivity index is 1.19. The molecular formula is C34H24BrCl2N3O7. The van der Waals surface area contributed by atoms with Crippen LogP contribution in [0.25, 0.3) is 22.2 Å². The Bertz CT molecular complexity index is 2040. The zero-order valence-electron chi connectivity index (χ0n) is 24.7. The van der Waals surface area contributed by atoms with Crippen LogP contribution >= 0.6 is 39.1 Å². The van der Waals surface area contributed by atoms with Gasteiger partial charge in [0, 0.05) is 27.1 Å². The SMILES string of the molecule is Cc1c(Cl)c(Br)cc2c(C(=O)OCC(=O)c3ccc(Cl)c([N+](=O)[O-])c3)cc(-c3ccc(N4C(=O)C5C6CCC(C6)C5C4=O)cc3)nc12. The molecule has 4 aromatic rings. The number of ketones is 1. The Morgan fingerprint density at radius 2 is 1.68 bits per heavy atom. The summed E-state index contributed by atoms with van der Waals surface area (Å²) in [5, 5.41) is 12.0. The summed E-state index contributed by atoms with van der Waals surface area (Å²) in [7, 11) is 0. The number of fused-ring (bicyclic) bond motifs is 6. The number of nitro benzene ring substituents is 1. The predicted octanol–water partition coefficient (Wildman–Crippen LogP) is 7.76. The van der Waals surface area contributed by atoms with E-state index < -0.39 is 29.0 Å². The standard InChI is InChI=1S/C34H24BrCl2N3O7/c1-15-30(37)23(35)12-21-22(34(44)47-14-27(41)17-6-9-24(36)26(11-17)40(45)46)13-25(38-31(15)21)16-4-7-20(8-5-16)39-32(42)28-18-2-3-19(10-18)29(28)33(39)43/h4-9,11-13,18-19,28-29H,2-3,10,14H2,1H3. The molecular weight excluding hydrogens is 713 g/mol. The number of aryl methyl sites for hydroxylation is 1. The van der Waals surface area contributed by atoms with Gasteiger partial charge in [0.1, 0.15) is 5.02 Å². The summed E-state index contributed by atoms with van der Waals surface area (Å²) in [5.74, 6) is -1.65. The van der Waals surface area contributed by atoms with E-state index in [1.165, 1.54) is 23.1 Å². The van der Waals surface area contributed by atoms with Gasteiger partial charge in [-0.25, -0.2) is 9.78 Å². The molecule has 3 fully saturated rings. The molecule has 4 unspecified atom stereocenters. The molecule has 3 aliphatic rings. The molecule has 2 saturated carbocycles. The van der Waals surface area contributed by atoms with Crippen molar-refractivity contribution in [2.75, 3.05) is 11.5 Å². The molecule has 0 N–H and O–H groups in total. The maximum atomic E-state index is 13.5. The number of imide groups is 1. The fraction of sp³-hybridized carbons (Fsp3) is 0.265. The summed E-state index contributed by atoms with van der Waals surface area (Å²) in [5.41, 5.74) is 2.15. The monoisotopic (exact) mass is 735 g/mol. The molecule has 2 aliphatic carbocycles. The summed E-state index contributed by atoms with van der Waals surface area (Å²) >= 11 is 15.8. The van der Waals surface area contributed by atoms with Crippen molar-refractivity contribution in [2.45, 2.75) is 26.2 Å². The molecule has 3 aromatic carbocycles. The number of aromatic nitrogens is 1. The van der Waals surface area contributed by atoms with E-state index in [0.29, 0.717) is 42.9 Å². The molecule has 13 heteroatoms. The summed E-state index contributed by atoms with van der Waals surface area (Å²) in [6, 6.07) is 13.6. The van der Waals surface area contributed by atoms with Crippen LogP contribution in [0.3, 0.4) is 0 Å². The summed E-state index contributed by atoms with van der Waals surface area (Å²) in [6.07, 6.45) is 2.94. The maximum absolute atomic E-state index is 13.5. The molecule has 1 aliphatic heterocycles. The second-order valence-electron chi connectivity index (χ2n) is 12.1. The average molecular weight is 737 g/mol. The minimum absolute atomic E-state index is 0.0362. The van der Waals surface area contributed by atoms with Gasteiger partial charge in [-0.3, -0.25) is 29.4 Å². The van der Waals surface area contributed by atoms with Crippen LogP contribution in [0.1, 0.15) is 45.5 Å². The highest BCUT2D eigenvalue weighted by Gasteiger charge is 2.61. The number of Topliss-reactive ketones (excluding diaryl/α,β-unsaturated/α-hetero) is 1. The Kier molecular flexibility index (Phi) is 7.89. The van der Waals surface area contributed by atoms with E-state index in [-0.39, 0.29) is 51.6 Å². The normalized spacial score (nSPS) is 21.4. The van der Waals surface area contributed by atoms with Gasteiger partial charge in [0.05, 0.1) is 44.2 Å². The fourth-order valence-corrected chi connectivity index (χ4v) is 8.20. The Hall–Kier alpha value is -4.19. The number of ether oxygens (including phenoxy) is 1. The number of amides is 2. The number of hydrogen-bond acceptors (Lipinski definition) is 8. The number of anilines is 1. The summed E-state index contributed by atoms with van der Waals surface area (Å²) in [6.45, 7) is 1.08. The number of hydrogen-bond donors (Lipinski definition) is 0.